The Morgan fingerprint density at radius 1 is 1.41 bits per heavy atom. The standard InChI is InChI=1S/C22H28O7/c1-5-13(2)21(25)28-18-9-16(11-23)7-6-8-17(12-27-15(4)24)10-19-20(18)14(3)22(26)29-19/h7,10-11,13,18-20H,3,5-6,8-9,12H2,1-2,4H3/b16-7+,17-10-/t13-,18+,19-,20+/m1/s1. The number of hydrogen-bond donors (Lipinski definition) is 0. The van der Waals surface area contributed by atoms with Gasteiger partial charge in [-0.1, -0.05) is 26.5 Å². The second kappa shape index (κ2) is 10.2. The first-order valence-electron chi connectivity index (χ1n) is 9.84. The van der Waals surface area contributed by atoms with Crippen molar-refractivity contribution in [1.82, 2.24) is 0 Å². The lowest BCUT2D eigenvalue weighted by atomic mass is 9.85. The summed E-state index contributed by atoms with van der Waals surface area (Å²) in [6, 6.07) is 0. The summed E-state index contributed by atoms with van der Waals surface area (Å²) in [7, 11) is 0. The summed E-state index contributed by atoms with van der Waals surface area (Å²) in [5.41, 5.74) is 1.44. The maximum atomic E-state index is 12.4. The number of esters is 3. The molecule has 1 heterocycles. The van der Waals surface area contributed by atoms with Crippen molar-refractivity contribution in [2.45, 2.75) is 58.7 Å². The molecule has 7 nitrogen and oxygen atoms in total. The molecule has 7 heteroatoms. The molecule has 158 valence electrons. The van der Waals surface area contributed by atoms with Crippen molar-refractivity contribution in [2.75, 3.05) is 6.61 Å². The Hall–Kier alpha value is -2.70. The van der Waals surface area contributed by atoms with Gasteiger partial charge < -0.3 is 14.2 Å². The highest BCUT2D eigenvalue weighted by Gasteiger charge is 2.45. The molecular formula is C22H28O7. The van der Waals surface area contributed by atoms with E-state index in [2.05, 4.69) is 6.58 Å². The fourth-order valence-electron chi connectivity index (χ4n) is 3.34. The zero-order valence-corrected chi connectivity index (χ0v) is 17.1. The molecule has 1 aliphatic heterocycles. The van der Waals surface area contributed by atoms with Crippen molar-refractivity contribution in [1.29, 1.82) is 0 Å². The minimum Gasteiger partial charge on any atom is -0.461 e. The summed E-state index contributed by atoms with van der Waals surface area (Å²) in [6.45, 7) is 8.85. The van der Waals surface area contributed by atoms with E-state index in [1.54, 1.807) is 19.1 Å². The number of carbonyl (C=O) groups is 4. The lowest BCUT2D eigenvalue weighted by Gasteiger charge is -2.28. The van der Waals surface area contributed by atoms with Crippen molar-refractivity contribution in [3.8, 4) is 0 Å². The van der Waals surface area contributed by atoms with Gasteiger partial charge >= 0.3 is 17.9 Å². The molecule has 0 bridgehead atoms. The lowest BCUT2D eigenvalue weighted by molar-refractivity contribution is -0.156. The molecule has 0 unspecified atom stereocenters. The highest BCUT2D eigenvalue weighted by molar-refractivity contribution is 5.91. The van der Waals surface area contributed by atoms with Gasteiger partial charge in [-0.2, -0.15) is 0 Å². The van der Waals surface area contributed by atoms with Crippen LogP contribution in [0.3, 0.4) is 0 Å². The van der Waals surface area contributed by atoms with Gasteiger partial charge in [-0.3, -0.25) is 14.4 Å². The van der Waals surface area contributed by atoms with Crippen molar-refractivity contribution < 1.29 is 33.4 Å². The number of ether oxygens (including phenoxy) is 3. The normalized spacial score (nSPS) is 29.3. The van der Waals surface area contributed by atoms with E-state index in [9.17, 15) is 19.2 Å². The summed E-state index contributed by atoms with van der Waals surface area (Å²) in [5.74, 6) is -2.31. The molecule has 0 aromatic carbocycles. The topological polar surface area (TPSA) is 96.0 Å². The van der Waals surface area contributed by atoms with Crippen LogP contribution in [0.15, 0.2) is 35.5 Å². The van der Waals surface area contributed by atoms with Crippen LogP contribution in [0.5, 0.6) is 0 Å². The number of carbonyl (C=O) groups excluding carboxylic acids is 4. The van der Waals surface area contributed by atoms with Gasteiger partial charge in [-0.25, -0.2) is 4.79 Å². The van der Waals surface area contributed by atoms with Gasteiger partial charge in [-0.05, 0) is 36.5 Å². The molecule has 0 saturated carbocycles. The Labute approximate surface area is 170 Å². The Morgan fingerprint density at radius 3 is 2.76 bits per heavy atom. The molecule has 0 spiro atoms. The largest absolute Gasteiger partial charge is 0.461 e. The third-order valence-electron chi connectivity index (χ3n) is 5.27. The van der Waals surface area contributed by atoms with E-state index in [4.69, 9.17) is 14.2 Å². The van der Waals surface area contributed by atoms with Crippen LogP contribution in [0.2, 0.25) is 0 Å². The second-order valence-corrected chi connectivity index (χ2v) is 7.45. The van der Waals surface area contributed by atoms with Gasteiger partial charge in [0.2, 0.25) is 0 Å². The minimum atomic E-state index is -0.763. The van der Waals surface area contributed by atoms with Crippen LogP contribution in [0, 0.1) is 11.8 Å². The molecule has 1 saturated heterocycles. The number of allylic oxidation sites excluding steroid dienone is 1. The summed E-state index contributed by atoms with van der Waals surface area (Å²) in [5, 5.41) is 0. The maximum absolute atomic E-state index is 12.4. The third-order valence-corrected chi connectivity index (χ3v) is 5.27. The number of fused-ring (bicyclic) bond motifs is 1. The first-order valence-corrected chi connectivity index (χ1v) is 9.84. The van der Waals surface area contributed by atoms with Crippen LogP contribution in [-0.2, 0) is 33.4 Å². The van der Waals surface area contributed by atoms with E-state index in [-0.39, 0.29) is 24.5 Å². The molecule has 1 aliphatic carbocycles. The van der Waals surface area contributed by atoms with Crippen molar-refractivity contribution >= 4 is 24.2 Å². The number of rotatable bonds is 6. The molecule has 0 radical (unpaired) electrons. The Kier molecular flexibility index (Phi) is 7.93. The van der Waals surface area contributed by atoms with Crippen molar-refractivity contribution in [2.24, 2.45) is 11.8 Å². The predicted molar refractivity (Wildman–Crippen MR) is 105 cm³/mol. The molecular weight excluding hydrogens is 376 g/mol. The van der Waals surface area contributed by atoms with E-state index < -0.39 is 36.0 Å². The summed E-state index contributed by atoms with van der Waals surface area (Å²) < 4.78 is 16.3. The molecule has 1 fully saturated rings. The van der Waals surface area contributed by atoms with Gasteiger partial charge in [0.15, 0.2) is 0 Å². The summed E-state index contributed by atoms with van der Waals surface area (Å²) >= 11 is 0. The molecule has 2 rings (SSSR count). The van der Waals surface area contributed by atoms with E-state index in [1.807, 2.05) is 6.92 Å². The number of hydrogen-bond acceptors (Lipinski definition) is 7. The quantitative estimate of drug-likeness (QED) is 0.221. The van der Waals surface area contributed by atoms with Crippen molar-refractivity contribution in [3.05, 3.63) is 35.5 Å². The molecule has 0 aromatic rings. The van der Waals surface area contributed by atoms with Gasteiger partial charge in [-0.15, -0.1) is 0 Å². The van der Waals surface area contributed by atoms with Gasteiger partial charge in [0.05, 0.1) is 11.8 Å². The zero-order chi connectivity index (χ0) is 21.6. The van der Waals surface area contributed by atoms with E-state index in [1.165, 1.54) is 6.92 Å². The zero-order valence-electron chi connectivity index (χ0n) is 17.1. The van der Waals surface area contributed by atoms with Crippen LogP contribution < -0.4 is 0 Å². The molecule has 0 amide bonds. The average molecular weight is 404 g/mol. The Morgan fingerprint density at radius 2 is 2.14 bits per heavy atom. The smallest absolute Gasteiger partial charge is 0.334 e. The van der Waals surface area contributed by atoms with Crippen LogP contribution in [0.25, 0.3) is 0 Å². The SMILES string of the molecule is C=C1C(=O)O[C@@H]2/C=C(\COC(C)=O)CC/C=C(/C=O)C[C@H](OC(=O)[C@H](C)CC)[C@H]12. The highest BCUT2D eigenvalue weighted by Crippen LogP contribution is 2.36. The fourth-order valence-corrected chi connectivity index (χ4v) is 3.34. The average Bonchev–Trinajstić information content (AvgIpc) is 2.96. The molecule has 0 N–H and O–H groups in total. The van der Waals surface area contributed by atoms with Gasteiger partial charge in [0.25, 0.3) is 0 Å². The monoisotopic (exact) mass is 404 g/mol. The number of aldehydes is 1. The van der Waals surface area contributed by atoms with Crippen molar-refractivity contribution in [3.63, 3.8) is 0 Å². The first-order chi connectivity index (χ1) is 13.8. The lowest BCUT2D eigenvalue weighted by Crippen LogP contribution is -2.35. The Balaban J connectivity index is 2.41. The first kappa shape index (κ1) is 22.6. The molecule has 29 heavy (non-hydrogen) atoms. The Bertz CT molecular complexity index is 746. The predicted octanol–water partition coefficient (Wildman–Crippen LogP) is 2.84. The van der Waals surface area contributed by atoms with E-state index in [0.717, 1.165) is 11.9 Å². The molecule has 2 aliphatic rings. The summed E-state index contributed by atoms with van der Waals surface area (Å²) in [6.07, 6.45) is 4.65. The van der Waals surface area contributed by atoms with Crippen LogP contribution in [-0.4, -0.2) is 43.0 Å². The maximum Gasteiger partial charge on any atom is 0.334 e. The fraction of sp³-hybridized carbons (Fsp3) is 0.545. The van der Waals surface area contributed by atoms with E-state index in [0.29, 0.717) is 24.8 Å². The molecule has 0 aromatic heterocycles. The molecule has 4 atom stereocenters. The van der Waals surface area contributed by atoms with Gasteiger partial charge in [0, 0.05) is 18.9 Å². The van der Waals surface area contributed by atoms with Gasteiger partial charge in [0.1, 0.15) is 25.1 Å². The third kappa shape index (κ3) is 5.89. The second-order valence-electron chi connectivity index (χ2n) is 7.45. The van der Waals surface area contributed by atoms with Crippen LogP contribution in [0.1, 0.15) is 46.5 Å². The van der Waals surface area contributed by atoms with E-state index >= 15 is 0 Å². The highest BCUT2D eigenvalue weighted by atomic mass is 16.6. The van der Waals surface area contributed by atoms with Crippen LogP contribution >= 0.6 is 0 Å². The summed E-state index contributed by atoms with van der Waals surface area (Å²) in [4.78, 5) is 47.4. The minimum absolute atomic E-state index is 0.0597. The van der Waals surface area contributed by atoms with Crippen LogP contribution in [0.4, 0.5) is 0 Å².